The van der Waals surface area contributed by atoms with Gasteiger partial charge in [0.25, 0.3) is 0 Å². The zero-order chi connectivity index (χ0) is 77.5. The molecule has 0 aliphatic heterocycles. The first-order valence-corrected chi connectivity index (χ1v) is 41.2. The summed E-state index contributed by atoms with van der Waals surface area (Å²) in [6, 6.07) is 155. The van der Waals surface area contributed by atoms with E-state index in [1.165, 1.54) is 179 Å². The maximum atomic E-state index is 6.34. The summed E-state index contributed by atoms with van der Waals surface area (Å²) in [4.78, 5) is 0. The van der Waals surface area contributed by atoms with Crippen LogP contribution in [-0.4, -0.2) is 18.3 Å². The molecule has 0 radical (unpaired) electrons. The molecule has 6 heterocycles. The predicted octanol–water partition coefficient (Wildman–Crippen LogP) is 31.2. The Morgan fingerprint density at radius 1 is 0.178 bits per heavy atom. The SMILES string of the molecule is c1ccc(-c2ccc(-n3c4ccccc4c4cc(-c5ccc6c(c5)c5cc(-c7cccc8c7sc7ccccc78)ccc5n6-c5ccccc5)ccc43)cc2)cc1.c1ccc(-n2c3ccccc3c3cc(-c4ccc5c(c4)c4cc(-c6cccc7oc8ccccc8c67)ccc4n5-c4ccc(-c5ccc6ccccc6c5)cc4)ccc32)cc1. The van der Waals surface area contributed by atoms with Crippen LogP contribution >= 0.6 is 11.3 Å². The number of hydrogen-bond donors (Lipinski definition) is 0. The van der Waals surface area contributed by atoms with E-state index in [-0.39, 0.29) is 0 Å². The topological polar surface area (TPSA) is 32.9 Å². The number of furan rings is 1. The van der Waals surface area contributed by atoms with Gasteiger partial charge in [0, 0.05) is 96.8 Å². The predicted molar refractivity (Wildman–Crippen MR) is 501 cm³/mol. The lowest BCUT2D eigenvalue weighted by Crippen LogP contribution is -1.94. The molecular weight excluding hydrogens is 1450 g/mol. The quantitative estimate of drug-likeness (QED) is 0.134. The Labute approximate surface area is 683 Å². The van der Waals surface area contributed by atoms with Gasteiger partial charge in [0.05, 0.1) is 44.1 Å². The van der Waals surface area contributed by atoms with Gasteiger partial charge in [-0.25, -0.2) is 0 Å². The number of para-hydroxylation sites is 5. The van der Waals surface area contributed by atoms with E-state index in [0.717, 1.165) is 50.3 Å². The van der Waals surface area contributed by atoms with Gasteiger partial charge in [-0.15, -0.1) is 11.3 Å². The Morgan fingerprint density at radius 2 is 0.508 bits per heavy atom. The minimum Gasteiger partial charge on any atom is -0.456 e. The molecule has 0 N–H and O–H groups in total. The average Bonchev–Trinajstić information content (AvgIpc) is 1.58. The molecule has 550 valence electrons. The molecule has 6 aromatic heterocycles. The maximum absolute atomic E-state index is 6.34. The van der Waals surface area contributed by atoms with Gasteiger partial charge in [0.15, 0.2) is 0 Å². The first kappa shape index (κ1) is 67.2. The number of benzene rings is 19. The molecule has 0 saturated carbocycles. The first-order chi connectivity index (χ1) is 58.5. The van der Waals surface area contributed by atoms with E-state index < -0.39 is 0 Å². The Bertz CT molecular complexity index is 8340. The summed E-state index contributed by atoms with van der Waals surface area (Å²) in [5.41, 5.74) is 30.5. The standard InChI is InChI=1S/C58H36N2O.C54H34N2S/c1-2-13-44(14-3-1)59-52-18-8-6-15-47(52)49-34-41(25-30-53(49)59)42-26-31-54-50(35-42)51-36-43(46-17-10-20-57-58(46)48-16-7-9-19-56(48)61-57)27-32-55(51)60(54)45-28-23-38(24-29-45)40-22-21-37-11-4-5-12-39(37)33-40;1-3-12-35(13-4-1)36-22-27-41(28-23-36)56-49-20-9-7-16-43(49)46-32-37(24-29-50(46)56)38-25-30-51-47(33-38)48-34-39(26-31-52(48)55(51)40-14-5-2-6-15-40)42-18-11-19-45-44-17-8-10-21-53(44)57-54(42)45/h1-36H;1-34H. The van der Waals surface area contributed by atoms with Crippen molar-refractivity contribution >= 4 is 151 Å². The van der Waals surface area contributed by atoms with Crippen molar-refractivity contribution in [3.63, 3.8) is 0 Å². The molecule has 0 aliphatic rings. The molecular formula is C112H70N4OS. The second-order valence-electron chi connectivity index (χ2n) is 31.0. The molecule has 0 aliphatic carbocycles. The zero-order valence-corrected chi connectivity index (χ0v) is 64.8. The van der Waals surface area contributed by atoms with Gasteiger partial charge in [-0.05, 0) is 235 Å². The highest BCUT2D eigenvalue weighted by atomic mass is 32.1. The van der Waals surface area contributed by atoms with Gasteiger partial charge in [-0.1, -0.05) is 267 Å². The Morgan fingerprint density at radius 3 is 1.04 bits per heavy atom. The van der Waals surface area contributed by atoms with Crippen molar-refractivity contribution in [3.8, 4) is 89.5 Å². The molecule has 118 heavy (non-hydrogen) atoms. The average molecular weight is 1520 g/mol. The zero-order valence-electron chi connectivity index (χ0n) is 64.0. The fourth-order valence-corrected chi connectivity index (χ4v) is 20.1. The van der Waals surface area contributed by atoms with Crippen LogP contribution in [0.25, 0.3) is 230 Å². The molecule has 0 unspecified atom stereocenters. The summed E-state index contributed by atoms with van der Waals surface area (Å²) >= 11 is 1.89. The van der Waals surface area contributed by atoms with Gasteiger partial charge in [0.2, 0.25) is 0 Å². The third-order valence-electron chi connectivity index (χ3n) is 24.4. The van der Waals surface area contributed by atoms with Crippen LogP contribution in [0.4, 0.5) is 0 Å². The lowest BCUT2D eigenvalue weighted by molar-refractivity contribution is 0.669. The van der Waals surface area contributed by atoms with E-state index in [4.69, 9.17) is 4.42 Å². The fraction of sp³-hybridized carbons (Fsp3) is 0. The summed E-state index contributed by atoms with van der Waals surface area (Å²) in [7, 11) is 0. The number of rotatable bonds is 10. The van der Waals surface area contributed by atoms with E-state index in [0.29, 0.717) is 0 Å². The summed E-state index contributed by atoms with van der Waals surface area (Å²) in [6.07, 6.45) is 0. The largest absolute Gasteiger partial charge is 0.456 e. The lowest BCUT2D eigenvalue weighted by Gasteiger charge is -2.11. The number of nitrogens with zero attached hydrogens (tertiary/aromatic N) is 4. The summed E-state index contributed by atoms with van der Waals surface area (Å²) in [5.74, 6) is 0. The minimum absolute atomic E-state index is 0.902. The number of hydrogen-bond acceptors (Lipinski definition) is 2. The molecule has 19 aromatic carbocycles. The van der Waals surface area contributed by atoms with E-state index in [2.05, 4.69) is 437 Å². The van der Waals surface area contributed by atoms with Crippen LogP contribution < -0.4 is 0 Å². The molecule has 0 bridgehead atoms. The van der Waals surface area contributed by atoms with E-state index in [1.54, 1.807) is 0 Å². The number of thiophene rings is 1. The summed E-state index contributed by atoms with van der Waals surface area (Å²) in [6.45, 7) is 0. The Hall–Kier alpha value is -15.3. The molecule has 0 saturated heterocycles. The molecule has 25 rings (SSSR count). The molecule has 6 heteroatoms. The third kappa shape index (κ3) is 10.9. The molecule has 0 fully saturated rings. The smallest absolute Gasteiger partial charge is 0.136 e. The highest BCUT2D eigenvalue weighted by Gasteiger charge is 2.23. The summed E-state index contributed by atoms with van der Waals surface area (Å²) in [5, 5.41) is 17.3. The second-order valence-corrected chi connectivity index (χ2v) is 32.1. The summed E-state index contributed by atoms with van der Waals surface area (Å²) < 4.78 is 18.6. The first-order valence-electron chi connectivity index (χ1n) is 40.4. The number of fused-ring (bicyclic) bond motifs is 19. The van der Waals surface area contributed by atoms with Crippen LogP contribution in [0.3, 0.4) is 0 Å². The van der Waals surface area contributed by atoms with Gasteiger partial charge in [0.1, 0.15) is 11.2 Å². The monoisotopic (exact) mass is 1520 g/mol. The number of aromatic nitrogens is 4. The maximum Gasteiger partial charge on any atom is 0.136 e. The lowest BCUT2D eigenvalue weighted by atomic mass is 9.97. The molecule has 0 amide bonds. The van der Waals surface area contributed by atoms with Crippen molar-refractivity contribution < 1.29 is 4.42 Å². The van der Waals surface area contributed by atoms with Gasteiger partial charge in [-0.3, -0.25) is 0 Å². The van der Waals surface area contributed by atoms with Crippen LogP contribution in [0.5, 0.6) is 0 Å². The van der Waals surface area contributed by atoms with Gasteiger partial charge in [-0.2, -0.15) is 0 Å². The molecule has 5 nitrogen and oxygen atoms in total. The molecule has 0 atom stereocenters. The normalized spacial score (nSPS) is 11.9. The molecule has 0 spiro atoms. The highest BCUT2D eigenvalue weighted by molar-refractivity contribution is 7.26. The fourth-order valence-electron chi connectivity index (χ4n) is 18.9. The molecule has 25 aromatic rings. The van der Waals surface area contributed by atoms with Crippen LogP contribution in [0.1, 0.15) is 0 Å². The van der Waals surface area contributed by atoms with E-state index in [9.17, 15) is 0 Å². The van der Waals surface area contributed by atoms with Crippen LogP contribution in [0.2, 0.25) is 0 Å². The van der Waals surface area contributed by atoms with Crippen molar-refractivity contribution in [1.82, 2.24) is 18.3 Å². The van der Waals surface area contributed by atoms with E-state index in [1.807, 2.05) is 17.4 Å². The van der Waals surface area contributed by atoms with Crippen LogP contribution in [0.15, 0.2) is 429 Å². The van der Waals surface area contributed by atoms with Gasteiger partial charge >= 0.3 is 0 Å². The van der Waals surface area contributed by atoms with Crippen molar-refractivity contribution in [2.75, 3.05) is 0 Å². The second kappa shape index (κ2) is 27.2. The van der Waals surface area contributed by atoms with Crippen LogP contribution in [-0.2, 0) is 0 Å². The van der Waals surface area contributed by atoms with Crippen molar-refractivity contribution in [3.05, 3.63) is 425 Å². The van der Waals surface area contributed by atoms with Crippen LogP contribution in [0, 0.1) is 0 Å². The highest BCUT2D eigenvalue weighted by Crippen LogP contribution is 2.47. The van der Waals surface area contributed by atoms with Gasteiger partial charge < -0.3 is 22.7 Å². The third-order valence-corrected chi connectivity index (χ3v) is 25.7. The van der Waals surface area contributed by atoms with E-state index >= 15 is 0 Å². The van der Waals surface area contributed by atoms with Crippen molar-refractivity contribution in [2.45, 2.75) is 0 Å². The Kier molecular flexibility index (Phi) is 15.5. The minimum atomic E-state index is 0.902. The Balaban J connectivity index is 0.000000135. The van der Waals surface area contributed by atoms with Crippen molar-refractivity contribution in [1.29, 1.82) is 0 Å². The van der Waals surface area contributed by atoms with Crippen molar-refractivity contribution in [2.24, 2.45) is 0 Å².